The number of para-hydroxylation sites is 1. The minimum Gasteiger partial charge on any atom is -0.457 e. The van der Waals surface area contributed by atoms with Crippen LogP contribution in [0.2, 0.25) is 0 Å². The van der Waals surface area contributed by atoms with Gasteiger partial charge in [0.15, 0.2) is 0 Å². The molecule has 0 unspecified atom stereocenters. The molecule has 0 aliphatic carbocycles. The summed E-state index contributed by atoms with van der Waals surface area (Å²) in [5, 5.41) is 4.17. The van der Waals surface area contributed by atoms with Crippen molar-refractivity contribution in [2.24, 2.45) is 5.10 Å². The van der Waals surface area contributed by atoms with Crippen LogP contribution in [0.5, 0.6) is 11.5 Å². The molecule has 0 spiro atoms. The monoisotopic (exact) mass is 289 g/mol. The van der Waals surface area contributed by atoms with Gasteiger partial charge in [0.05, 0.1) is 6.21 Å². The van der Waals surface area contributed by atoms with E-state index in [9.17, 15) is 0 Å². The van der Waals surface area contributed by atoms with Crippen molar-refractivity contribution in [1.82, 2.24) is 4.98 Å². The Bertz CT molecular complexity index is 743. The molecule has 1 N–H and O–H groups in total. The summed E-state index contributed by atoms with van der Waals surface area (Å²) in [4.78, 5) is 4.13. The Balaban J connectivity index is 1.66. The van der Waals surface area contributed by atoms with Crippen LogP contribution in [0.15, 0.2) is 84.1 Å². The maximum Gasteiger partial charge on any atom is 0.146 e. The Labute approximate surface area is 129 Å². The van der Waals surface area contributed by atoms with Gasteiger partial charge in [0.25, 0.3) is 0 Å². The standard InChI is InChI=1S/C18H15N3O/c1-2-8-16(9-3-1)22-17-10-6-7-15(13-17)14-20-21-18-11-4-5-12-19-18/h1-14H,(H,19,21)/b20-14+. The van der Waals surface area contributed by atoms with Gasteiger partial charge >= 0.3 is 0 Å². The summed E-state index contributed by atoms with van der Waals surface area (Å²) in [5.74, 6) is 2.28. The first kappa shape index (κ1) is 13.8. The molecule has 4 nitrogen and oxygen atoms in total. The van der Waals surface area contributed by atoms with Crippen molar-refractivity contribution in [2.75, 3.05) is 5.43 Å². The maximum absolute atomic E-state index is 5.79. The van der Waals surface area contributed by atoms with Crippen molar-refractivity contribution in [2.45, 2.75) is 0 Å². The van der Waals surface area contributed by atoms with Crippen LogP contribution in [0.1, 0.15) is 5.56 Å². The van der Waals surface area contributed by atoms with Crippen molar-refractivity contribution in [3.8, 4) is 11.5 Å². The number of nitrogens with one attached hydrogen (secondary N) is 1. The molecule has 0 aliphatic rings. The van der Waals surface area contributed by atoms with Crippen molar-refractivity contribution in [1.29, 1.82) is 0 Å². The highest BCUT2D eigenvalue weighted by atomic mass is 16.5. The Kier molecular flexibility index (Phi) is 4.42. The lowest BCUT2D eigenvalue weighted by molar-refractivity contribution is 0.482. The Hall–Kier alpha value is -3.14. The molecule has 3 rings (SSSR count). The summed E-state index contributed by atoms with van der Waals surface area (Å²) < 4.78 is 5.79. The third-order valence-electron chi connectivity index (χ3n) is 2.89. The molecule has 3 aromatic rings. The van der Waals surface area contributed by atoms with Gasteiger partial charge in [-0.3, -0.25) is 5.43 Å². The highest BCUT2D eigenvalue weighted by Gasteiger charge is 1.97. The molecule has 0 aliphatic heterocycles. The van der Waals surface area contributed by atoms with E-state index in [1.54, 1.807) is 12.4 Å². The van der Waals surface area contributed by atoms with E-state index < -0.39 is 0 Å². The molecule has 0 atom stereocenters. The molecule has 0 bridgehead atoms. The van der Waals surface area contributed by atoms with Gasteiger partial charge in [0, 0.05) is 6.20 Å². The summed E-state index contributed by atoms with van der Waals surface area (Å²) in [6.07, 6.45) is 3.44. The first-order valence-corrected chi connectivity index (χ1v) is 6.93. The number of hydrazone groups is 1. The van der Waals surface area contributed by atoms with Crippen LogP contribution in [-0.4, -0.2) is 11.2 Å². The Morgan fingerprint density at radius 2 is 1.68 bits per heavy atom. The van der Waals surface area contributed by atoms with Crippen LogP contribution >= 0.6 is 0 Å². The molecule has 22 heavy (non-hydrogen) atoms. The van der Waals surface area contributed by atoms with E-state index in [2.05, 4.69) is 15.5 Å². The quantitative estimate of drug-likeness (QED) is 0.562. The highest BCUT2D eigenvalue weighted by Crippen LogP contribution is 2.21. The van der Waals surface area contributed by atoms with E-state index in [1.807, 2.05) is 72.8 Å². The average Bonchev–Trinajstić information content (AvgIpc) is 2.57. The molecule has 108 valence electrons. The largest absolute Gasteiger partial charge is 0.457 e. The molecule has 0 radical (unpaired) electrons. The van der Waals surface area contributed by atoms with E-state index in [0.29, 0.717) is 5.82 Å². The van der Waals surface area contributed by atoms with Crippen molar-refractivity contribution in [3.63, 3.8) is 0 Å². The van der Waals surface area contributed by atoms with E-state index >= 15 is 0 Å². The lowest BCUT2D eigenvalue weighted by Crippen LogP contribution is -1.93. The fourth-order valence-electron chi connectivity index (χ4n) is 1.88. The lowest BCUT2D eigenvalue weighted by Gasteiger charge is -2.05. The second kappa shape index (κ2) is 7.04. The Morgan fingerprint density at radius 3 is 2.50 bits per heavy atom. The van der Waals surface area contributed by atoms with Crippen LogP contribution in [0, 0.1) is 0 Å². The van der Waals surface area contributed by atoms with Gasteiger partial charge in [0.2, 0.25) is 0 Å². The first-order chi connectivity index (χ1) is 10.9. The van der Waals surface area contributed by atoms with Crippen molar-refractivity contribution in [3.05, 3.63) is 84.6 Å². The molecule has 1 aromatic heterocycles. The van der Waals surface area contributed by atoms with Crippen LogP contribution in [0.25, 0.3) is 0 Å². The molecule has 1 heterocycles. The van der Waals surface area contributed by atoms with Crippen LogP contribution in [0.3, 0.4) is 0 Å². The van der Waals surface area contributed by atoms with Crippen LogP contribution in [-0.2, 0) is 0 Å². The molecule has 0 saturated carbocycles. The van der Waals surface area contributed by atoms with Crippen molar-refractivity contribution >= 4 is 12.0 Å². The fourth-order valence-corrected chi connectivity index (χ4v) is 1.88. The van der Waals surface area contributed by atoms with Gasteiger partial charge in [-0.1, -0.05) is 36.4 Å². The summed E-state index contributed by atoms with van der Waals surface area (Å²) in [6.45, 7) is 0. The van der Waals surface area contributed by atoms with E-state index in [0.717, 1.165) is 17.1 Å². The number of benzene rings is 2. The predicted molar refractivity (Wildman–Crippen MR) is 88.4 cm³/mol. The minimum absolute atomic E-state index is 0.704. The number of hydrogen-bond donors (Lipinski definition) is 1. The van der Waals surface area contributed by atoms with Crippen LogP contribution in [0.4, 0.5) is 5.82 Å². The summed E-state index contributed by atoms with van der Waals surface area (Å²) in [5.41, 5.74) is 3.82. The average molecular weight is 289 g/mol. The molecular formula is C18H15N3O. The first-order valence-electron chi connectivity index (χ1n) is 6.93. The molecular weight excluding hydrogens is 274 g/mol. The maximum atomic E-state index is 5.79. The number of anilines is 1. The summed E-state index contributed by atoms with van der Waals surface area (Å²) in [6, 6.07) is 23.0. The molecule has 2 aromatic carbocycles. The zero-order chi connectivity index (χ0) is 15.0. The third kappa shape index (κ3) is 3.93. The minimum atomic E-state index is 0.704. The second-order valence-electron chi connectivity index (χ2n) is 4.57. The second-order valence-corrected chi connectivity index (χ2v) is 4.57. The number of ether oxygens (including phenoxy) is 1. The summed E-state index contributed by atoms with van der Waals surface area (Å²) >= 11 is 0. The zero-order valence-electron chi connectivity index (χ0n) is 11.9. The van der Waals surface area contributed by atoms with Gasteiger partial charge in [0.1, 0.15) is 17.3 Å². The normalized spacial score (nSPS) is 10.5. The number of rotatable bonds is 5. The lowest BCUT2D eigenvalue weighted by atomic mass is 10.2. The van der Waals surface area contributed by atoms with Gasteiger partial charge in [-0.25, -0.2) is 4.98 Å². The van der Waals surface area contributed by atoms with E-state index in [1.165, 1.54) is 0 Å². The third-order valence-corrected chi connectivity index (χ3v) is 2.89. The van der Waals surface area contributed by atoms with Crippen LogP contribution < -0.4 is 10.2 Å². The zero-order valence-corrected chi connectivity index (χ0v) is 11.9. The smallest absolute Gasteiger partial charge is 0.146 e. The molecule has 0 saturated heterocycles. The molecule has 4 heteroatoms. The van der Waals surface area contributed by atoms with E-state index in [4.69, 9.17) is 4.74 Å². The topological polar surface area (TPSA) is 46.5 Å². The fraction of sp³-hybridized carbons (Fsp3) is 0. The van der Waals surface area contributed by atoms with E-state index in [-0.39, 0.29) is 0 Å². The number of pyridine rings is 1. The van der Waals surface area contributed by atoms with Gasteiger partial charge < -0.3 is 4.74 Å². The number of hydrogen-bond acceptors (Lipinski definition) is 4. The van der Waals surface area contributed by atoms with Crippen molar-refractivity contribution < 1.29 is 4.74 Å². The van der Waals surface area contributed by atoms with Gasteiger partial charge in [-0.05, 0) is 42.0 Å². The number of nitrogens with zero attached hydrogens (tertiary/aromatic N) is 2. The molecule has 0 fully saturated rings. The predicted octanol–water partition coefficient (Wildman–Crippen LogP) is 4.32. The highest BCUT2D eigenvalue weighted by molar-refractivity contribution is 5.80. The SMILES string of the molecule is C(=N\Nc1ccccn1)/c1cccc(Oc2ccccc2)c1. The molecule has 0 amide bonds. The Morgan fingerprint density at radius 1 is 0.864 bits per heavy atom. The number of aromatic nitrogens is 1. The van der Waals surface area contributed by atoms with Gasteiger partial charge in [-0.15, -0.1) is 0 Å². The van der Waals surface area contributed by atoms with Gasteiger partial charge in [-0.2, -0.15) is 5.10 Å². The summed E-state index contributed by atoms with van der Waals surface area (Å²) in [7, 11) is 0.